The van der Waals surface area contributed by atoms with Gasteiger partial charge in [0.1, 0.15) is 5.82 Å². The van der Waals surface area contributed by atoms with Gasteiger partial charge in [-0.3, -0.25) is 9.59 Å². The third kappa shape index (κ3) is 4.17. The molecule has 3 N–H and O–H groups in total. The van der Waals surface area contributed by atoms with Crippen LogP contribution in [0.3, 0.4) is 0 Å². The van der Waals surface area contributed by atoms with E-state index in [1.807, 2.05) is 0 Å². The molecule has 0 aliphatic carbocycles. The van der Waals surface area contributed by atoms with Crippen molar-refractivity contribution in [1.82, 2.24) is 0 Å². The van der Waals surface area contributed by atoms with E-state index in [0.29, 0.717) is 11.8 Å². The summed E-state index contributed by atoms with van der Waals surface area (Å²) in [7, 11) is 0. The van der Waals surface area contributed by atoms with Gasteiger partial charge in [-0.05, 0) is 45.0 Å². The van der Waals surface area contributed by atoms with Crippen molar-refractivity contribution >= 4 is 17.5 Å². The van der Waals surface area contributed by atoms with Gasteiger partial charge >= 0.3 is 0 Å². The van der Waals surface area contributed by atoms with E-state index < -0.39 is 41.2 Å². The maximum atomic E-state index is 13.5. The summed E-state index contributed by atoms with van der Waals surface area (Å²) in [6.07, 6.45) is -0.418. The Balaban J connectivity index is 2.44. The zero-order chi connectivity index (χ0) is 19.6. The van der Waals surface area contributed by atoms with Gasteiger partial charge in [-0.25, -0.2) is 8.78 Å². The van der Waals surface area contributed by atoms with E-state index in [2.05, 4.69) is 0 Å². The minimum absolute atomic E-state index is 0.159. The van der Waals surface area contributed by atoms with Crippen LogP contribution in [0.25, 0.3) is 0 Å². The molecule has 0 saturated carbocycles. The first kappa shape index (κ1) is 19.4. The fourth-order valence-electron chi connectivity index (χ4n) is 2.70. The summed E-state index contributed by atoms with van der Waals surface area (Å²) in [6, 6.07) is 7.66. The van der Waals surface area contributed by atoms with Crippen LogP contribution in [0.5, 0.6) is 5.75 Å². The van der Waals surface area contributed by atoms with E-state index in [1.54, 1.807) is 32.9 Å². The number of carbonyl (C=O) groups excluding carboxylic acids is 2. The van der Waals surface area contributed by atoms with Gasteiger partial charge in [0.05, 0.1) is 6.42 Å². The summed E-state index contributed by atoms with van der Waals surface area (Å²) in [5.74, 6) is -3.93. The Labute approximate surface area is 150 Å². The quantitative estimate of drug-likeness (QED) is 0.876. The second-order valence-corrected chi connectivity index (χ2v) is 6.89. The zero-order valence-corrected chi connectivity index (χ0v) is 14.7. The molecule has 0 saturated heterocycles. The summed E-state index contributed by atoms with van der Waals surface area (Å²) < 4.78 is 27.0. The average molecular weight is 362 g/mol. The predicted molar refractivity (Wildman–Crippen MR) is 93.9 cm³/mol. The number of anilines is 1. The molecule has 2 aromatic rings. The molecule has 0 fully saturated rings. The first-order valence-electron chi connectivity index (χ1n) is 7.90. The lowest BCUT2D eigenvalue weighted by Gasteiger charge is -2.36. The summed E-state index contributed by atoms with van der Waals surface area (Å²) in [4.78, 5) is 25.7. The van der Waals surface area contributed by atoms with Crippen molar-refractivity contribution in [3.05, 3.63) is 59.2 Å². The lowest BCUT2D eigenvalue weighted by atomic mass is 10.0. The van der Waals surface area contributed by atoms with E-state index in [4.69, 9.17) is 5.73 Å². The SMILES string of the molecule is CC(C)(C)N(C(=O)Cc1cc(F)cc(F)c1O)c1cccc(C(N)=O)c1. The molecule has 0 atom stereocenters. The highest BCUT2D eigenvalue weighted by Gasteiger charge is 2.29. The van der Waals surface area contributed by atoms with Crippen LogP contribution in [0.2, 0.25) is 0 Å². The largest absolute Gasteiger partial charge is 0.505 e. The smallest absolute Gasteiger partial charge is 0.248 e. The normalized spacial score (nSPS) is 11.3. The number of hydrogen-bond acceptors (Lipinski definition) is 3. The van der Waals surface area contributed by atoms with Crippen LogP contribution >= 0.6 is 0 Å². The van der Waals surface area contributed by atoms with Crippen molar-refractivity contribution in [2.24, 2.45) is 5.73 Å². The molecule has 2 rings (SSSR count). The summed E-state index contributed by atoms with van der Waals surface area (Å²) in [5.41, 5.74) is 5.07. The van der Waals surface area contributed by atoms with Crippen LogP contribution in [-0.2, 0) is 11.2 Å². The Hall–Kier alpha value is -2.96. The number of amides is 2. The minimum Gasteiger partial charge on any atom is -0.505 e. The molecular weight excluding hydrogens is 342 g/mol. The number of carbonyl (C=O) groups is 2. The molecular formula is C19H20F2N2O3. The van der Waals surface area contributed by atoms with Crippen LogP contribution in [0.1, 0.15) is 36.7 Å². The second-order valence-electron chi connectivity index (χ2n) is 6.89. The van der Waals surface area contributed by atoms with Crippen LogP contribution in [-0.4, -0.2) is 22.5 Å². The van der Waals surface area contributed by atoms with Gasteiger partial charge in [-0.1, -0.05) is 6.07 Å². The molecule has 138 valence electrons. The van der Waals surface area contributed by atoms with Gasteiger partial charge in [0.2, 0.25) is 11.8 Å². The van der Waals surface area contributed by atoms with Crippen LogP contribution in [0, 0.1) is 11.6 Å². The number of hydrogen-bond donors (Lipinski definition) is 2. The summed E-state index contributed by atoms with van der Waals surface area (Å²) in [5, 5.41) is 9.77. The number of phenolic OH excluding ortho intramolecular Hbond substituents is 1. The number of primary amides is 1. The number of phenols is 1. The fraction of sp³-hybridized carbons (Fsp3) is 0.263. The van der Waals surface area contributed by atoms with E-state index >= 15 is 0 Å². The topological polar surface area (TPSA) is 83.6 Å². The predicted octanol–water partition coefficient (Wildman–Crippen LogP) is 3.14. The minimum atomic E-state index is -1.13. The average Bonchev–Trinajstić information content (AvgIpc) is 2.51. The molecule has 2 aromatic carbocycles. The molecule has 0 bridgehead atoms. The van der Waals surface area contributed by atoms with E-state index in [1.165, 1.54) is 17.0 Å². The molecule has 0 radical (unpaired) electrons. The Morgan fingerprint density at radius 2 is 1.81 bits per heavy atom. The highest BCUT2D eigenvalue weighted by molar-refractivity contribution is 5.99. The van der Waals surface area contributed by atoms with Crippen LogP contribution in [0.4, 0.5) is 14.5 Å². The molecule has 0 heterocycles. The van der Waals surface area contributed by atoms with E-state index in [0.717, 1.165) is 6.07 Å². The first-order valence-corrected chi connectivity index (χ1v) is 7.90. The molecule has 0 aliphatic heterocycles. The van der Waals surface area contributed by atoms with Crippen molar-refractivity contribution in [3.8, 4) is 5.75 Å². The third-order valence-corrected chi connectivity index (χ3v) is 3.76. The Morgan fingerprint density at radius 1 is 1.15 bits per heavy atom. The lowest BCUT2D eigenvalue weighted by Crippen LogP contribution is -2.46. The first-order chi connectivity index (χ1) is 12.0. The Bertz CT molecular complexity index is 860. The maximum Gasteiger partial charge on any atom is 0.248 e. The molecule has 0 spiro atoms. The van der Waals surface area contributed by atoms with Crippen molar-refractivity contribution < 1.29 is 23.5 Å². The number of aromatic hydroxyl groups is 1. The summed E-state index contributed by atoms with van der Waals surface area (Å²) >= 11 is 0. The zero-order valence-electron chi connectivity index (χ0n) is 14.7. The van der Waals surface area contributed by atoms with Gasteiger partial charge in [0, 0.05) is 28.4 Å². The molecule has 0 aliphatic rings. The van der Waals surface area contributed by atoms with Crippen molar-refractivity contribution in [2.75, 3.05) is 4.90 Å². The van der Waals surface area contributed by atoms with Gasteiger partial charge in [0.25, 0.3) is 0 Å². The Morgan fingerprint density at radius 3 is 2.38 bits per heavy atom. The molecule has 2 amide bonds. The standard InChI is InChI=1S/C19H20F2N2O3/c1-19(2,3)23(14-6-4-5-11(8-14)18(22)26)16(24)9-12-7-13(20)10-15(21)17(12)25/h4-8,10,25H,9H2,1-3H3,(H2,22,26). The number of rotatable bonds is 4. The molecule has 0 unspecified atom stereocenters. The molecule has 26 heavy (non-hydrogen) atoms. The maximum absolute atomic E-state index is 13.5. The van der Waals surface area contributed by atoms with Gasteiger partial charge in [-0.15, -0.1) is 0 Å². The molecule has 5 nitrogen and oxygen atoms in total. The lowest BCUT2D eigenvalue weighted by molar-refractivity contribution is -0.119. The number of halogens is 2. The van der Waals surface area contributed by atoms with Gasteiger partial charge < -0.3 is 15.7 Å². The highest BCUT2D eigenvalue weighted by atomic mass is 19.1. The van der Waals surface area contributed by atoms with Gasteiger partial charge in [-0.2, -0.15) is 0 Å². The number of nitrogens with zero attached hydrogens (tertiary/aromatic N) is 1. The van der Waals surface area contributed by atoms with Crippen LogP contribution in [0.15, 0.2) is 36.4 Å². The molecule has 7 heteroatoms. The van der Waals surface area contributed by atoms with Gasteiger partial charge in [0.15, 0.2) is 11.6 Å². The monoisotopic (exact) mass is 362 g/mol. The Kier molecular flexibility index (Phi) is 5.30. The van der Waals surface area contributed by atoms with Crippen LogP contribution < -0.4 is 10.6 Å². The van der Waals surface area contributed by atoms with Crippen molar-refractivity contribution in [1.29, 1.82) is 0 Å². The summed E-state index contributed by atoms with van der Waals surface area (Å²) in [6.45, 7) is 5.32. The number of benzene rings is 2. The second kappa shape index (κ2) is 7.11. The van der Waals surface area contributed by atoms with Crippen molar-refractivity contribution in [2.45, 2.75) is 32.7 Å². The third-order valence-electron chi connectivity index (χ3n) is 3.76. The number of nitrogens with two attached hydrogens (primary N) is 1. The highest BCUT2D eigenvalue weighted by Crippen LogP contribution is 2.28. The van der Waals surface area contributed by atoms with E-state index in [-0.39, 0.29) is 11.1 Å². The van der Waals surface area contributed by atoms with E-state index in [9.17, 15) is 23.5 Å². The van der Waals surface area contributed by atoms with Crippen molar-refractivity contribution in [3.63, 3.8) is 0 Å². The fourth-order valence-corrected chi connectivity index (χ4v) is 2.70. The molecule has 0 aromatic heterocycles.